The van der Waals surface area contributed by atoms with Crippen LogP contribution in [0.25, 0.3) is 0 Å². The summed E-state index contributed by atoms with van der Waals surface area (Å²) in [6, 6.07) is 5.51. The quantitative estimate of drug-likeness (QED) is 0.826. The zero-order valence-electron chi connectivity index (χ0n) is 12.8. The number of rotatable bonds is 6. The van der Waals surface area contributed by atoms with Crippen molar-refractivity contribution >= 4 is 0 Å². The van der Waals surface area contributed by atoms with Crippen LogP contribution in [0.15, 0.2) is 18.2 Å². The first-order valence-corrected chi connectivity index (χ1v) is 7.00. The highest BCUT2D eigenvalue weighted by Crippen LogP contribution is 2.27. The molecule has 3 heteroatoms. The number of hydrogen-bond acceptors (Lipinski definition) is 3. The van der Waals surface area contributed by atoms with Crippen molar-refractivity contribution in [1.82, 2.24) is 5.32 Å². The van der Waals surface area contributed by atoms with Gasteiger partial charge in [0.1, 0.15) is 0 Å². The summed E-state index contributed by atoms with van der Waals surface area (Å²) in [6.45, 7) is 13.3. The molecule has 0 heterocycles. The lowest BCUT2D eigenvalue weighted by Crippen LogP contribution is -2.29. The fourth-order valence-electron chi connectivity index (χ4n) is 1.68. The van der Waals surface area contributed by atoms with E-state index in [1.54, 1.807) is 6.07 Å². The molecule has 108 valence electrons. The Morgan fingerprint density at radius 3 is 2.58 bits per heavy atom. The second-order valence-electron chi connectivity index (χ2n) is 6.13. The molecule has 19 heavy (non-hydrogen) atoms. The van der Waals surface area contributed by atoms with Crippen molar-refractivity contribution in [2.45, 2.75) is 41.2 Å². The lowest BCUT2D eigenvalue weighted by molar-refractivity contribution is 0.252. The van der Waals surface area contributed by atoms with Crippen LogP contribution in [0.1, 0.15) is 40.2 Å². The summed E-state index contributed by atoms with van der Waals surface area (Å²) in [5, 5.41) is 13.1. The monoisotopic (exact) mass is 265 g/mol. The van der Waals surface area contributed by atoms with E-state index in [-0.39, 0.29) is 5.75 Å². The third-order valence-electron chi connectivity index (χ3n) is 3.58. The van der Waals surface area contributed by atoms with Gasteiger partial charge in [0, 0.05) is 6.54 Å². The Morgan fingerprint density at radius 1 is 1.32 bits per heavy atom. The molecule has 0 saturated heterocycles. The summed E-state index contributed by atoms with van der Waals surface area (Å²) in [6.07, 6.45) is 0. The molecule has 3 nitrogen and oxygen atoms in total. The lowest BCUT2D eigenvalue weighted by atomic mass is 9.82. The van der Waals surface area contributed by atoms with E-state index in [1.165, 1.54) is 0 Å². The molecule has 0 saturated carbocycles. The van der Waals surface area contributed by atoms with Crippen molar-refractivity contribution in [3.8, 4) is 11.5 Å². The zero-order chi connectivity index (χ0) is 14.5. The topological polar surface area (TPSA) is 41.5 Å². The fourth-order valence-corrected chi connectivity index (χ4v) is 1.68. The van der Waals surface area contributed by atoms with Crippen molar-refractivity contribution < 1.29 is 9.84 Å². The predicted molar refractivity (Wildman–Crippen MR) is 79.6 cm³/mol. The molecule has 1 atom stereocenters. The maximum absolute atomic E-state index is 9.64. The van der Waals surface area contributed by atoms with Crippen LogP contribution >= 0.6 is 0 Å². The highest BCUT2D eigenvalue weighted by molar-refractivity contribution is 5.41. The molecule has 2 N–H and O–H groups in total. The molecule has 1 aromatic rings. The molecule has 0 aliphatic carbocycles. The van der Waals surface area contributed by atoms with Gasteiger partial charge in [0.05, 0.1) is 6.61 Å². The summed E-state index contributed by atoms with van der Waals surface area (Å²) in [5.41, 5.74) is 1.45. The van der Waals surface area contributed by atoms with Crippen LogP contribution in [0.5, 0.6) is 11.5 Å². The summed E-state index contributed by atoms with van der Waals surface area (Å²) < 4.78 is 5.38. The molecule has 1 rings (SSSR count). The molecule has 0 aliphatic rings. The van der Waals surface area contributed by atoms with Gasteiger partial charge in [-0.25, -0.2) is 0 Å². The van der Waals surface area contributed by atoms with Crippen LogP contribution in [-0.2, 0) is 6.54 Å². The lowest BCUT2D eigenvalue weighted by Gasteiger charge is -2.27. The van der Waals surface area contributed by atoms with Gasteiger partial charge in [-0.15, -0.1) is 0 Å². The number of hydrogen-bond donors (Lipinski definition) is 2. The summed E-state index contributed by atoms with van der Waals surface area (Å²) in [7, 11) is 0. The van der Waals surface area contributed by atoms with Gasteiger partial charge < -0.3 is 15.2 Å². The maximum Gasteiger partial charge on any atom is 0.161 e. The van der Waals surface area contributed by atoms with Gasteiger partial charge in [0.2, 0.25) is 0 Å². The number of phenols is 1. The SMILES string of the molecule is CCOc1cc(CNCC(C)C(C)(C)C)ccc1O. The number of benzene rings is 1. The van der Waals surface area contributed by atoms with E-state index in [1.807, 2.05) is 19.1 Å². The van der Waals surface area contributed by atoms with E-state index in [0.717, 1.165) is 18.7 Å². The second kappa shape index (κ2) is 6.80. The van der Waals surface area contributed by atoms with Crippen LogP contribution < -0.4 is 10.1 Å². The van der Waals surface area contributed by atoms with Crippen LogP contribution in [0.3, 0.4) is 0 Å². The Bertz CT molecular complexity index is 396. The van der Waals surface area contributed by atoms with Crippen LogP contribution in [0.2, 0.25) is 0 Å². The molecule has 0 amide bonds. The summed E-state index contributed by atoms with van der Waals surface area (Å²) in [4.78, 5) is 0. The summed E-state index contributed by atoms with van der Waals surface area (Å²) in [5.74, 6) is 1.37. The molecule has 0 fully saturated rings. The highest BCUT2D eigenvalue weighted by atomic mass is 16.5. The number of nitrogens with one attached hydrogen (secondary N) is 1. The standard InChI is InChI=1S/C16H27NO2/c1-6-19-15-9-13(7-8-14(15)18)11-17-10-12(2)16(3,4)5/h7-9,12,17-18H,6,10-11H2,1-5H3. The molecule has 0 aromatic heterocycles. The van der Waals surface area contributed by atoms with Gasteiger partial charge >= 0.3 is 0 Å². The molecule has 1 aromatic carbocycles. The Hall–Kier alpha value is -1.22. The molecule has 0 aliphatic heterocycles. The van der Waals surface area contributed by atoms with Gasteiger partial charge in [-0.2, -0.15) is 0 Å². The number of ether oxygens (including phenoxy) is 1. The minimum atomic E-state index is 0.202. The third kappa shape index (κ3) is 5.11. The van der Waals surface area contributed by atoms with Gasteiger partial charge in [0.25, 0.3) is 0 Å². The smallest absolute Gasteiger partial charge is 0.161 e. The zero-order valence-corrected chi connectivity index (χ0v) is 12.8. The Kier molecular flexibility index (Phi) is 5.67. The van der Waals surface area contributed by atoms with Crippen molar-refractivity contribution in [2.24, 2.45) is 11.3 Å². The van der Waals surface area contributed by atoms with E-state index >= 15 is 0 Å². The first kappa shape index (κ1) is 15.8. The highest BCUT2D eigenvalue weighted by Gasteiger charge is 2.19. The fraction of sp³-hybridized carbons (Fsp3) is 0.625. The van der Waals surface area contributed by atoms with Crippen LogP contribution in [0.4, 0.5) is 0 Å². The van der Waals surface area contributed by atoms with Gasteiger partial charge in [-0.3, -0.25) is 0 Å². The number of phenolic OH excluding ortho intramolecular Hbond substituents is 1. The van der Waals surface area contributed by atoms with Crippen molar-refractivity contribution in [1.29, 1.82) is 0 Å². The molecular formula is C16H27NO2. The normalized spacial score (nSPS) is 13.3. The van der Waals surface area contributed by atoms with Gasteiger partial charge in [-0.1, -0.05) is 33.8 Å². The van der Waals surface area contributed by atoms with E-state index in [4.69, 9.17) is 4.74 Å². The average Bonchev–Trinajstić information content (AvgIpc) is 2.32. The molecule has 0 radical (unpaired) electrons. The third-order valence-corrected chi connectivity index (χ3v) is 3.58. The van der Waals surface area contributed by atoms with E-state index < -0.39 is 0 Å². The van der Waals surface area contributed by atoms with Gasteiger partial charge in [-0.05, 0) is 42.5 Å². The Balaban J connectivity index is 2.52. The Morgan fingerprint density at radius 2 is 2.00 bits per heavy atom. The van der Waals surface area contributed by atoms with E-state index in [2.05, 4.69) is 33.0 Å². The molecule has 0 bridgehead atoms. The largest absolute Gasteiger partial charge is 0.504 e. The molecule has 1 unspecified atom stereocenters. The minimum Gasteiger partial charge on any atom is -0.504 e. The predicted octanol–water partition coefficient (Wildman–Crippen LogP) is 3.56. The van der Waals surface area contributed by atoms with Gasteiger partial charge in [0.15, 0.2) is 11.5 Å². The second-order valence-corrected chi connectivity index (χ2v) is 6.13. The van der Waals surface area contributed by atoms with Crippen LogP contribution in [0, 0.1) is 11.3 Å². The minimum absolute atomic E-state index is 0.202. The average molecular weight is 265 g/mol. The first-order chi connectivity index (χ1) is 8.84. The van der Waals surface area contributed by atoms with E-state index in [0.29, 0.717) is 23.7 Å². The number of aromatic hydroxyl groups is 1. The van der Waals surface area contributed by atoms with Crippen molar-refractivity contribution in [2.75, 3.05) is 13.2 Å². The Labute approximate surface area is 117 Å². The van der Waals surface area contributed by atoms with Crippen molar-refractivity contribution in [3.05, 3.63) is 23.8 Å². The molecular weight excluding hydrogens is 238 g/mol. The first-order valence-electron chi connectivity index (χ1n) is 7.00. The van der Waals surface area contributed by atoms with E-state index in [9.17, 15) is 5.11 Å². The molecule has 0 spiro atoms. The van der Waals surface area contributed by atoms with Crippen molar-refractivity contribution in [3.63, 3.8) is 0 Å². The maximum atomic E-state index is 9.64. The van der Waals surface area contributed by atoms with Crippen LogP contribution in [-0.4, -0.2) is 18.3 Å². The summed E-state index contributed by atoms with van der Waals surface area (Å²) >= 11 is 0.